The highest BCUT2D eigenvalue weighted by Gasteiger charge is 2.24. The molecule has 0 radical (unpaired) electrons. The number of nitrogens with one attached hydrogen (secondary N) is 1. The molecule has 0 spiro atoms. The van der Waals surface area contributed by atoms with Crippen LogP contribution in [0.3, 0.4) is 0 Å². The molecule has 1 fully saturated rings. The van der Waals surface area contributed by atoms with Crippen molar-refractivity contribution in [2.24, 2.45) is 0 Å². The Morgan fingerprint density at radius 1 is 1.40 bits per heavy atom. The lowest BCUT2D eigenvalue weighted by Gasteiger charge is -2.26. The number of carbonyl (C=O) groups excluding carboxylic acids is 1. The summed E-state index contributed by atoms with van der Waals surface area (Å²) in [7, 11) is 0. The molecule has 20 heavy (non-hydrogen) atoms. The molecule has 112 valence electrons. The van der Waals surface area contributed by atoms with E-state index in [-0.39, 0.29) is 5.91 Å². The maximum atomic E-state index is 11.9. The van der Waals surface area contributed by atoms with E-state index < -0.39 is 0 Å². The van der Waals surface area contributed by atoms with Gasteiger partial charge in [0.1, 0.15) is 0 Å². The average molecular weight is 294 g/mol. The third kappa shape index (κ3) is 4.60. The largest absolute Gasteiger partial charge is 0.354 e. The van der Waals surface area contributed by atoms with E-state index in [0.29, 0.717) is 12.5 Å². The molecule has 0 bridgehead atoms. The fourth-order valence-corrected chi connectivity index (χ4v) is 3.64. The second kappa shape index (κ2) is 8.42. The predicted molar refractivity (Wildman–Crippen MR) is 85.0 cm³/mol. The van der Waals surface area contributed by atoms with E-state index in [1.165, 1.54) is 24.1 Å². The Labute approximate surface area is 126 Å². The van der Waals surface area contributed by atoms with Gasteiger partial charge in [-0.1, -0.05) is 25.8 Å². The van der Waals surface area contributed by atoms with Gasteiger partial charge in [-0.15, -0.1) is 11.3 Å². The first kappa shape index (κ1) is 15.5. The summed E-state index contributed by atoms with van der Waals surface area (Å²) in [5.41, 5.74) is 0. The first-order valence-corrected chi connectivity index (χ1v) is 8.73. The number of unbranched alkanes of at least 4 members (excludes halogenated alkanes) is 2. The predicted octanol–water partition coefficient (Wildman–Crippen LogP) is 3.58. The lowest BCUT2D eigenvalue weighted by molar-refractivity contribution is -0.121. The molecule has 1 unspecified atom stereocenters. The van der Waals surface area contributed by atoms with Crippen LogP contribution in [0, 0.1) is 0 Å². The molecule has 2 rings (SSSR count). The van der Waals surface area contributed by atoms with E-state index >= 15 is 0 Å². The number of likely N-dealkylation sites (tertiary alicyclic amines) is 1. The van der Waals surface area contributed by atoms with E-state index in [2.05, 4.69) is 34.7 Å². The molecule has 2 heterocycles. The number of rotatable bonds is 8. The summed E-state index contributed by atoms with van der Waals surface area (Å²) in [4.78, 5) is 15.8. The molecule has 1 aromatic rings. The fourth-order valence-electron chi connectivity index (χ4n) is 2.78. The van der Waals surface area contributed by atoms with Gasteiger partial charge in [-0.3, -0.25) is 9.69 Å². The van der Waals surface area contributed by atoms with E-state index in [0.717, 1.165) is 32.5 Å². The summed E-state index contributed by atoms with van der Waals surface area (Å²) >= 11 is 1.80. The minimum Gasteiger partial charge on any atom is -0.354 e. The Kier molecular flexibility index (Phi) is 6.54. The van der Waals surface area contributed by atoms with Crippen molar-refractivity contribution < 1.29 is 4.79 Å². The van der Waals surface area contributed by atoms with Gasteiger partial charge in [-0.2, -0.15) is 0 Å². The van der Waals surface area contributed by atoms with Crippen LogP contribution in [-0.4, -0.2) is 30.4 Å². The van der Waals surface area contributed by atoms with Crippen molar-refractivity contribution in [2.45, 2.75) is 51.5 Å². The molecule has 0 aromatic carbocycles. The number of hydrogen-bond donors (Lipinski definition) is 1. The maximum absolute atomic E-state index is 11.9. The van der Waals surface area contributed by atoms with Gasteiger partial charge in [-0.05, 0) is 43.8 Å². The van der Waals surface area contributed by atoms with Gasteiger partial charge in [0.05, 0.1) is 6.04 Å². The van der Waals surface area contributed by atoms with E-state index in [1.807, 2.05) is 0 Å². The Bertz CT molecular complexity index is 385. The monoisotopic (exact) mass is 294 g/mol. The smallest absolute Gasteiger partial charge is 0.220 e. The second-order valence-corrected chi connectivity index (χ2v) is 6.51. The minimum atomic E-state index is 0.208. The molecule has 0 saturated carbocycles. The highest BCUT2D eigenvalue weighted by atomic mass is 32.1. The molecule has 3 nitrogen and oxygen atoms in total. The number of nitrogens with zero attached hydrogens (tertiary/aromatic N) is 1. The van der Waals surface area contributed by atoms with Crippen LogP contribution >= 0.6 is 11.3 Å². The Balaban J connectivity index is 1.83. The molecule has 1 saturated heterocycles. The van der Waals surface area contributed by atoms with Gasteiger partial charge in [0.2, 0.25) is 5.91 Å². The molecule has 1 aliphatic heterocycles. The van der Waals surface area contributed by atoms with Gasteiger partial charge in [0.25, 0.3) is 0 Å². The van der Waals surface area contributed by atoms with Crippen molar-refractivity contribution in [1.29, 1.82) is 0 Å². The first-order chi connectivity index (χ1) is 9.81. The fraction of sp³-hybridized carbons (Fsp3) is 0.688. The van der Waals surface area contributed by atoms with Crippen molar-refractivity contribution in [3.63, 3.8) is 0 Å². The summed E-state index contributed by atoms with van der Waals surface area (Å²) in [5, 5.41) is 5.26. The van der Waals surface area contributed by atoms with Crippen LogP contribution in [-0.2, 0) is 4.79 Å². The van der Waals surface area contributed by atoms with Gasteiger partial charge < -0.3 is 5.32 Å². The zero-order valence-corrected chi connectivity index (χ0v) is 13.3. The lowest BCUT2D eigenvalue weighted by atomic mass is 10.2. The Hall–Kier alpha value is -0.870. The summed E-state index contributed by atoms with van der Waals surface area (Å²) in [6.07, 6.45) is 6.56. The van der Waals surface area contributed by atoms with Crippen LogP contribution in [0.25, 0.3) is 0 Å². The topological polar surface area (TPSA) is 32.3 Å². The molecule has 1 N–H and O–H groups in total. The molecule has 4 heteroatoms. The highest BCUT2D eigenvalue weighted by molar-refractivity contribution is 7.10. The highest BCUT2D eigenvalue weighted by Crippen LogP contribution is 2.27. The van der Waals surface area contributed by atoms with Gasteiger partial charge in [0.15, 0.2) is 0 Å². The number of hydrogen-bond acceptors (Lipinski definition) is 3. The van der Waals surface area contributed by atoms with Gasteiger partial charge in [0, 0.05) is 17.8 Å². The van der Waals surface area contributed by atoms with Crippen molar-refractivity contribution in [3.8, 4) is 0 Å². The number of thiophene rings is 1. The van der Waals surface area contributed by atoms with Crippen LogP contribution in [0.5, 0.6) is 0 Å². The third-order valence-electron chi connectivity index (χ3n) is 3.95. The summed E-state index contributed by atoms with van der Waals surface area (Å²) in [6.45, 7) is 5.24. The van der Waals surface area contributed by atoms with Crippen LogP contribution in [0.1, 0.15) is 56.4 Å². The Morgan fingerprint density at radius 2 is 2.20 bits per heavy atom. The maximum Gasteiger partial charge on any atom is 0.220 e. The van der Waals surface area contributed by atoms with Crippen LogP contribution in [0.2, 0.25) is 0 Å². The van der Waals surface area contributed by atoms with Crippen LogP contribution in [0.15, 0.2) is 17.5 Å². The van der Waals surface area contributed by atoms with Gasteiger partial charge >= 0.3 is 0 Å². The van der Waals surface area contributed by atoms with Crippen molar-refractivity contribution in [2.75, 3.05) is 19.6 Å². The molecule has 0 aliphatic carbocycles. The quantitative estimate of drug-likeness (QED) is 0.743. The molecule has 1 amide bonds. The summed E-state index contributed by atoms with van der Waals surface area (Å²) in [5.74, 6) is 0.208. The number of carbonyl (C=O) groups is 1. The summed E-state index contributed by atoms with van der Waals surface area (Å²) in [6, 6.07) is 4.66. The minimum absolute atomic E-state index is 0.208. The molecular weight excluding hydrogens is 268 g/mol. The van der Waals surface area contributed by atoms with Crippen LogP contribution in [0.4, 0.5) is 0 Å². The van der Waals surface area contributed by atoms with E-state index in [1.54, 1.807) is 11.3 Å². The molecule has 1 aromatic heterocycles. The standard InChI is InChI=1S/C16H26N2OS/c1-2-3-4-9-16(19)17-13-14(15-8-7-12-20-15)18-10-5-6-11-18/h7-8,12,14H,2-6,9-11,13H2,1H3,(H,17,19). The first-order valence-electron chi connectivity index (χ1n) is 7.85. The molecule has 1 atom stereocenters. The van der Waals surface area contributed by atoms with Crippen molar-refractivity contribution in [1.82, 2.24) is 10.2 Å². The molecule has 1 aliphatic rings. The SMILES string of the molecule is CCCCCC(=O)NCC(c1cccs1)N1CCCC1. The van der Waals surface area contributed by atoms with Crippen LogP contribution < -0.4 is 5.32 Å². The zero-order chi connectivity index (χ0) is 14.2. The summed E-state index contributed by atoms with van der Waals surface area (Å²) < 4.78 is 0. The Morgan fingerprint density at radius 3 is 2.85 bits per heavy atom. The normalized spacial score (nSPS) is 17.2. The van der Waals surface area contributed by atoms with Crippen molar-refractivity contribution in [3.05, 3.63) is 22.4 Å². The zero-order valence-electron chi connectivity index (χ0n) is 12.4. The third-order valence-corrected chi connectivity index (χ3v) is 4.93. The molecular formula is C16H26N2OS. The van der Waals surface area contributed by atoms with E-state index in [4.69, 9.17) is 0 Å². The number of amides is 1. The lowest BCUT2D eigenvalue weighted by Crippen LogP contribution is -2.36. The van der Waals surface area contributed by atoms with E-state index in [9.17, 15) is 4.79 Å². The van der Waals surface area contributed by atoms with Crippen molar-refractivity contribution >= 4 is 17.2 Å². The second-order valence-electron chi connectivity index (χ2n) is 5.54. The van der Waals surface area contributed by atoms with Gasteiger partial charge in [-0.25, -0.2) is 0 Å². The average Bonchev–Trinajstić information content (AvgIpc) is 3.12.